The quantitative estimate of drug-likeness (QED) is 0.366. The van der Waals surface area contributed by atoms with Gasteiger partial charge in [0.2, 0.25) is 5.78 Å². The summed E-state index contributed by atoms with van der Waals surface area (Å²) >= 11 is 0. The van der Waals surface area contributed by atoms with Crippen LogP contribution >= 0.6 is 0 Å². The van der Waals surface area contributed by atoms with Gasteiger partial charge in [-0.25, -0.2) is 19.5 Å². The van der Waals surface area contributed by atoms with Crippen LogP contribution in [0.25, 0.3) is 0 Å². The highest BCUT2D eigenvalue weighted by molar-refractivity contribution is 7.84. The van der Waals surface area contributed by atoms with Gasteiger partial charge in [0, 0.05) is 18.3 Å². The van der Waals surface area contributed by atoms with Crippen LogP contribution in [0.5, 0.6) is 0 Å². The van der Waals surface area contributed by atoms with Gasteiger partial charge in [0.15, 0.2) is 0 Å². The highest BCUT2D eigenvalue weighted by Gasteiger charge is 2.44. The minimum Gasteiger partial charge on any atom is -0.390 e. The summed E-state index contributed by atoms with van der Waals surface area (Å²) in [5.41, 5.74) is 1.26. The monoisotopic (exact) mass is 490 g/mol. The molecule has 180 valence electrons. The van der Waals surface area contributed by atoms with E-state index in [-0.39, 0.29) is 23.5 Å². The Hall–Kier alpha value is -3.26. The van der Waals surface area contributed by atoms with Crippen molar-refractivity contribution in [3.63, 3.8) is 0 Å². The zero-order valence-electron chi connectivity index (χ0n) is 17.9. The SMILES string of the molecule is NS(=O)(=O)OC[C@H]1C[C@@H](Nc2ncncc2C(=O)c2ccn(Cc3ccccc3)n2)[C@@H](F)[C@@H]1O. The second kappa shape index (κ2) is 9.93. The lowest BCUT2D eigenvalue weighted by molar-refractivity contribution is 0.0501. The molecule has 1 aliphatic carbocycles. The molecule has 13 heteroatoms. The van der Waals surface area contributed by atoms with Crippen molar-refractivity contribution in [2.24, 2.45) is 11.1 Å². The van der Waals surface area contributed by atoms with Gasteiger partial charge in [0.05, 0.1) is 30.9 Å². The molecule has 0 aliphatic heterocycles. The number of aliphatic hydroxyl groups excluding tert-OH is 1. The van der Waals surface area contributed by atoms with E-state index in [4.69, 9.17) is 5.14 Å². The van der Waals surface area contributed by atoms with Crippen LogP contribution in [0.2, 0.25) is 0 Å². The summed E-state index contributed by atoms with van der Waals surface area (Å²) in [6, 6.07) is 10.2. The number of nitrogens with zero attached hydrogens (tertiary/aromatic N) is 4. The number of alkyl halides is 1. The van der Waals surface area contributed by atoms with Crippen molar-refractivity contribution < 1.29 is 26.9 Å². The molecular formula is C21H23FN6O5S. The molecule has 0 bridgehead atoms. The van der Waals surface area contributed by atoms with Crippen LogP contribution in [0.3, 0.4) is 0 Å². The predicted molar refractivity (Wildman–Crippen MR) is 119 cm³/mol. The Bertz CT molecular complexity index is 1260. The van der Waals surface area contributed by atoms with Gasteiger partial charge in [0.1, 0.15) is 24.0 Å². The molecule has 34 heavy (non-hydrogen) atoms. The number of hydrogen-bond donors (Lipinski definition) is 3. The zero-order valence-corrected chi connectivity index (χ0v) is 18.7. The number of carbonyl (C=O) groups excluding carboxylic acids is 1. The van der Waals surface area contributed by atoms with Gasteiger partial charge in [-0.05, 0) is 18.1 Å². The average Bonchev–Trinajstić information content (AvgIpc) is 3.38. The smallest absolute Gasteiger partial charge is 0.333 e. The van der Waals surface area contributed by atoms with E-state index >= 15 is 0 Å². The van der Waals surface area contributed by atoms with Crippen molar-refractivity contribution in [2.75, 3.05) is 11.9 Å². The number of benzene rings is 1. The van der Waals surface area contributed by atoms with Crippen LogP contribution in [0, 0.1) is 5.92 Å². The third kappa shape index (κ3) is 5.62. The maximum atomic E-state index is 14.7. The number of nitrogens with two attached hydrogens (primary N) is 1. The van der Waals surface area contributed by atoms with Crippen LogP contribution in [0.4, 0.5) is 10.2 Å². The van der Waals surface area contributed by atoms with Gasteiger partial charge in [-0.2, -0.15) is 13.5 Å². The van der Waals surface area contributed by atoms with Gasteiger partial charge in [-0.3, -0.25) is 13.7 Å². The largest absolute Gasteiger partial charge is 0.390 e. The van der Waals surface area contributed by atoms with Crippen molar-refractivity contribution in [1.82, 2.24) is 19.7 Å². The molecule has 0 radical (unpaired) electrons. The Morgan fingerprint density at radius 2 is 2.06 bits per heavy atom. The third-order valence-corrected chi connectivity index (χ3v) is 6.00. The fourth-order valence-electron chi connectivity index (χ4n) is 3.85. The van der Waals surface area contributed by atoms with Gasteiger partial charge in [-0.1, -0.05) is 30.3 Å². The Morgan fingerprint density at radius 1 is 1.29 bits per heavy atom. The van der Waals surface area contributed by atoms with Crippen molar-refractivity contribution >= 4 is 21.9 Å². The molecule has 11 nitrogen and oxygen atoms in total. The van der Waals surface area contributed by atoms with Gasteiger partial charge < -0.3 is 10.4 Å². The maximum absolute atomic E-state index is 14.7. The first kappa shape index (κ1) is 23.9. The summed E-state index contributed by atoms with van der Waals surface area (Å²) in [5, 5.41) is 22.1. The number of hydrogen-bond acceptors (Lipinski definition) is 9. The molecular weight excluding hydrogens is 467 g/mol. The molecule has 1 saturated carbocycles. The number of aromatic nitrogens is 4. The maximum Gasteiger partial charge on any atom is 0.333 e. The molecule has 2 aromatic heterocycles. The number of anilines is 1. The summed E-state index contributed by atoms with van der Waals surface area (Å²) in [7, 11) is -4.22. The first-order valence-electron chi connectivity index (χ1n) is 10.4. The minimum atomic E-state index is -4.22. The van der Waals surface area contributed by atoms with Crippen LogP contribution in [-0.2, 0) is 21.0 Å². The van der Waals surface area contributed by atoms with Crippen molar-refractivity contribution in [3.8, 4) is 0 Å². The normalized spacial score (nSPS) is 22.6. The first-order chi connectivity index (χ1) is 16.2. The molecule has 3 aromatic rings. The topological polar surface area (TPSA) is 162 Å². The predicted octanol–water partition coefficient (Wildman–Crippen LogP) is 0.672. The summed E-state index contributed by atoms with van der Waals surface area (Å²) < 4.78 is 42.9. The minimum absolute atomic E-state index is 0.0290. The summed E-state index contributed by atoms with van der Waals surface area (Å²) in [5.74, 6) is -1.20. The number of ketones is 1. The molecule has 2 heterocycles. The summed E-state index contributed by atoms with van der Waals surface area (Å²) in [6.45, 7) is 0.0169. The number of rotatable bonds is 9. The van der Waals surface area contributed by atoms with E-state index in [9.17, 15) is 22.7 Å². The Labute approximate surface area is 195 Å². The number of halogens is 1. The van der Waals surface area contributed by atoms with E-state index in [1.165, 1.54) is 12.5 Å². The Balaban J connectivity index is 1.47. The van der Waals surface area contributed by atoms with E-state index in [0.717, 1.165) is 5.56 Å². The van der Waals surface area contributed by atoms with Crippen LogP contribution in [0.15, 0.2) is 55.1 Å². The fraction of sp³-hybridized carbons (Fsp3) is 0.333. The van der Waals surface area contributed by atoms with E-state index in [1.54, 1.807) is 16.9 Å². The number of nitrogens with one attached hydrogen (secondary N) is 1. The van der Waals surface area contributed by atoms with Gasteiger partial charge in [-0.15, -0.1) is 0 Å². The lowest BCUT2D eigenvalue weighted by atomic mass is 10.1. The molecule has 4 rings (SSSR count). The number of carbonyl (C=O) groups is 1. The second-order valence-corrected chi connectivity index (χ2v) is 9.18. The van der Waals surface area contributed by atoms with E-state index < -0.39 is 46.9 Å². The average molecular weight is 491 g/mol. The fourth-order valence-corrected chi connectivity index (χ4v) is 4.21. The summed E-state index contributed by atoms with van der Waals surface area (Å²) in [6.07, 6.45) is 0.979. The zero-order chi connectivity index (χ0) is 24.3. The third-order valence-electron chi connectivity index (χ3n) is 5.54. The molecule has 4 N–H and O–H groups in total. The lowest BCUT2D eigenvalue weighted by Gasteiger charge is -2.18. The molecule has 0 amide bonds. The highest BCUT2D eigenvalue weighted by atomic mass is 32.2. The van der Waals surface area contributed by atoms with Crippen LogP contribution < -0.4 is 10.5 Å². The molecule has 0 unspecified atom stereocenters. The highest BCUT2D eigenvalue weighted by Crippen LogP contribution is 2.32. The molecule has 4 atom stereocenters. The molecule has 0 spiro atoms. The first-order valence-corrected chi connectivity index (χ1v) is 11.9. The van der Waals surface area contributed by atoms with Crippen molar-refractivity contribution in [1.29, 1.82) is 0 Å². The molecule has 1 aromatic carbocycles. The van der Waals surface area contributed by atoms with E-state index in [2.05, 4.69) is 24.6 Å². The van der Waals surface area contributed by atoms with Crippen LogP contribution in [0.1, 0.15) is 28.0 Å². The van der Waals surface area contributed by atoms with Crippen molar-refractivity contribution in [3.05, 3.63) is 71.9 Å². The lowest BCUT2D eigenvalue weighted by Crippen LogP contribution is -2.33. The van der Waals surface area contributed by atoms with Gasteiger partial charge >= 0.3 is 10.3 Å². The molecule has 1 aliphatic rings. The molecule has 1 fully saturated rings. The molecule has 0 saturated heterocycles. The number of aliphatic hydroxyl groups is 1. The summed E-state index contributed by atoms with van der Waals surface area (Å²) in [4.78, 5) is 21.0. The van der Waals surface area contributed by atoms with E-state index in [1.807, 2.05) is 30.3 Å². The van der Waals surface area contributed by atoms with Crippen molar-refractivity contribution in [2.45, 2.75) is 31.3 Å². The van der Waals surface area contributed by atoms with Gasteiger partial charge in [0.25, 0.3) is 0 Å². The van der Waals surface area contributed by atoms with E-state index in [0.29, 0.717) is 6.54 Å². The standard InChI is InChI=1S/C21H23FN6O5S/c22-18-17(8-14(19(18)29)11-33-34(23,31)32)26-21-15(9-24-12-25-21)20(30)16-6-7-28(27-16)10-13-4-2-1-3-5-13/h1-7,9,12,14,17-19,29H,8,10-11H2,(H2,23,31,32)(H,24,25,26)/t14-,17-,18-,19-/m1/s1. The Morgan fingerprint density at radius 3 is 2.79 bits per heavy atom. The van der Waals surface area contributed by atoms with Crippen LogP contribution in [-0.4, -0.2) is 64.0 Å². The second-order valence-electron chi connectivity index (χ2n) is 7.96. The Kier molecular flexibility index (Phi) is 6.97.